The predicted octanol–water partition coefficient (Wildman–Crippen LogP) is 2.15. The summed E-state index contributed by atoms with van der Waals surface area (Å²) < 4.78 is 5.35. The van der Waals surface area contributed by atoms with Gasteiger partial charge in [0.1, 0.15) is 5.69 Å². The molecule has 0 saturated carbocycles. The van der Waals surface area contributed by atoms with E-state index >= 15 is 0 Å². The number of nitrogens with zero attached hydrogens (tertiary/aromatic N) is 2. The highest BCUT2D eigenvalue weighted by molar-refractivity contribution is 7.15. The molecule has 1 N–H and O–H groups in total. The molecule has 3 heterocycles. The average Bonchev–Trinajstić information content (AvgIpc) is 3.07. The molecular formula is C14H17N3O2S. The third-order valence-corrected chi connectivity index (χ3v) is 4.48. The lowest BCUT2D eigenvalue weighted by Gasteiger charge is -2.33. The van der Waals surface area contributed by atoms with Crippen molar-refractivity contribution in [1.29, 1.82) is 0 Å². The topological polar surface area (TPSA) is 58.4 Å². The first-order valence-electron chi connectivity index (χ1n) is 6.70. The molecule has 6 heteroatoms. The molecule has 1 atom stereocenters. The largest absolute Gasteiger partial charge is 0.462 e. The fourth-order valence-electron chi connectivity index (χ4n) is 2.38. The van der Waals surface area contributed by atoms with Gasteiger partial charge in [-0.2, -0.15) is 0 Å². The van der Waals surface area contributed by atoms with Gasteiger partial charge in [-0.25, -0.2) is 4.98 Å². The quantitative estimate of drug-likeness (QED) is 0.921. The van der Waals surface area contributed by atoms with Crippen LogP contribution in [0.15, 0.2) is 22.8 Å². The van der Waals surface area contributed by atoms with Crippen molar-refractivity contribution in [2.24, 2.45) is 0 Å². The van der Waals surface area contributed by atoms with Gasteiger partial charge >= 0.3 is 0 Å². The van der Waals surface area contributed by atoms with Crippen LogP contribution in [-0.4, -0.2) is 41.5 Å². The van der Waals surface area contributed by atoms with Gasteiger partial charge in [-0.1, -0.05) is 0 Å². The van der Waals surface area contributed by atoms with Crippen molar-refractivity contribution in [3.8, 4) is 10.8 Å². The lowest BCUT2D eigenvalue weighted by atomic mass is 10.2. The van der Waals surface area contributed by atoms with Crippen LogP contribution in [0.5, 0.6) is 0 Å². The second-order valence-corrected chi connectivity index (χ2v) is 6.16. The summed E-state index contributed by atoms with van der Waals surface area (Å²) in [5.74, 6) is 0.732. The molecule has 3 rings (SSSR count). The maximum absolute atomic E-state index is 12.6. The minimum Gasteiger partial charge on any atom is -0.462 e. The molecule has 0 aliphatic carbocycles. The first-order valence-corrected chi connectivity index (χ1v) is 7.51. The summed E-state index contributed by atoms with van der Waals surface area (Å²) in [7, 11) is 0. The Bertz CT molecular complexity index is 606. The van der Waals surface area contributed by atoms with Crippen LogP contribution in [0.25, 0.3) is 10.8 Å². The van der Waals surface area contributed by atoms with E-state index in [4.69, 9.17) is 4.42 Å². The number of carbonyl (C=O) groups is 1. The minimum atomic E-state index is 0.0190. The second-order valence-electron chi connectivity index (χ2n) is 4.95. The molecule has 0 spiro atoms. The number of thiazole rings is 1. The lowest BCUT2D eigenvalue weighted by molar-refractivity contribution is 0.0650. The number of carbonyl (C=O) groups excluding carboxylic acids is 1. The third-order valence-electron chi connectivity index (χ3n) is 3.49. The Labute approximate surface area is 121 Å². The Morgan fingerprint density at radius 1 is 1.60 bits per heavy atom. The van der Waals surface area contributed by atoms with E-state index in [0.29, 0.717) is 11.5 Å². The molecule has 0 bridgehead atoms. The van der Waals surface area contributed by atoms with E-state index in [0.717, 1.165) is 29.5 Å². The van der Waals surface area contributed by atoms with Crippen LogP contribution in [0.4, 0.5) is 0 Å². The number of hydrogen-bond acceptors (Lipinski definition) is 5. The summed E-state index contributed by atoms with van der Waals surface area (Å²) >= 11 is 1.50. The number of amides is 1. The summed E-state index contributed by atoms with van der Waals surface area (Å²) in [6.45, 7) is 6.39. The standard InChI is InChI=1S/C14H17N3O2S/c1-9-8-15-5-6-17(9)14(18)12-10(2)20-13(16-12)11-4-3-7-19-11/h3-4,7,9,15H,5-6,8H2,1-2H3. The zero-order valence-electron chi connectivity index (χ0n) is 11.5. The predicted molar refractivity (Wildman–Crippen MR) is 77.9 cm³/mol. The van der Waals surface area contributed by atoms with Crippen molar-refractivity contribution in [2.75, 3.05) is 19.6 Å². The van der Waals surface area contributed by atoms with Crippen LogP contribution in [0, 0.1) is 6.92 Å². The molecule has 1 amide bonds. The van der Waals surface area contributed by atoms with E-state index in [-0.39, 0.29) is 11.9 Å². The van der Waals surface area contributed by atoms with Crippen molar-refractivity contribution >= 4 is 17.2 Å². The second kappa shape index (κ2) is 5.38. The van der Waals surface area contributed by atoms with E-state index in [1.165, 1.54) is 11.3 Å². The van der Waals surface area contributed by atoms with Gasteiger partial charge in [-0.15, -0.1) is 11.3 Å². The van der Waals surface area contributed by atoms with Gasteiger partial charge in [0.05, 0.1) is 6.26 Å². The summed E-state index contributed by atoms with van der Waals surface area (Å²) in [4.78, 5) is 19.9. The molecule has 106 valence electrons. The van der Waals surface area contributed by atoms with E-state index < -0.39 is 0 Å². The lowest BCUT2D eigenvalue weighted by Crippen LogP contribution is -2.52. The van der Waals surface area contributed by atoms with E-state index in [2.05, 4.69) is 17.2 Å². The summed E-state index contributed by atoms with van der Waals surface area (Å²) in [6, 6.07) is 3.88. The maximum Gasteiger partial charge on any atom is 0.273 e. The SMILES string of the molecule is Cc1sc(-c2ccco2)nc1C(=O)N1CCNCC1C. The van der Waals surface area contributed by atoms with Crippen LogP contribution in [0.2, 0.25) is 0 Å². The molecular weight excluding hydrogens is 274 g/mol. The monoisotopic (exact) mass is 291 g/mol. The Kier molecular flexibility index (Phi) is 3.58. The fourth-order valence-corrected chi connectivity index (χ4v) is 3.25. The maximum atomic E-state index is 12.6. The van der Waals surface area contributed by atoms with E-state index in [9.17, 15) is 4.79 Å². The van der Waals surface area contributed by atoms with Crippen molar-refractivity contribution in [3.63, 3.8) is 0 Å². The molecule has 0 radical (unpaired) electrons. The van der Waals surface area contributed by atoms with Crippen LogP contribution >= 0.6 is 11.3 Å². The van der Waals surface area contributed by atoms with Crippen LogP contribution in [-0.2, 0) is 0 Å². The van der Waals surface area contributed by atoms with Gasteiger partial charge in [0.25, 0.3) is 5.91 Å². The molecule has 1 saturated heterocycles. The van der Waals surface area contributed by atoms with Gasteiger partial charge in [0.15, 0.2) is 10.8 Å². The van der Waals surface area contributed by atoms with Crippen molar-refractivity contribution < 1.29 is 9.21 Å². The molecule has 5 nitrogen and oxygen atoms in total. The summed E-state index contributed by atoms with van der Waals surface area (Å²) in [6.07, 6.45) is 1.62. The van der Waals surface area contributed by atoms with Gasteiger partial charge in [0, 0.05) is 30.6 Å². The number of nitrogens with one attached hydrogen (secondary N) is 1. The molecule has 2 aromatic rings. The smallest absolute Gasteiger partial charge is 0.273 e. The number of furan rings is 1. The van der Waals surface area contributed by atoms with E-state index in [1.54, 1.807) is 6.26 Å². The molecule has 20 heavy (non-hydrogen) atoms. The number of aryl methyl sites for hydroxylation is 1. The highest BCUT2D eigenvalue weighted by atomic mass is 32.1. The molecule has 1 unspecified atom stereocenters. The molecule has 0 aromatic carbocycles. The highest BCUT2D eigenvalue weighted by Crippen LogP contribution is 2.28. The van der Waals surface area contributed by atoms with E-state index in [1.807, 2.05) is 24.0 Å². The highest BCUT2D eigenvalue weighted by Gasteiger charge is 2.27. The molecule has 1 aliphatic rings. The van der Waals surface area contributed by atoms with Crippen molar-refractivity contribution in [3.05, 3.63) is 29.0 Å². The van der Waals surface area contributed by atoms with Crippen molar-refractivity contribution in [1.82, 2.24) is 15.2 Å². The van der Waals surface area contributed by atoms with Crippen LogP contribution in [0.3, 0.4) is 0 Å². The zero-order chi connectivity index (χ0) is 14.1. The van der Waals surface area contributed by atoms with Gasteiger partial charge in [-0.05, 0) is 26.0 Å². The molecule has 2 aromatic heterocycles. The van der Waals surface area contributed by atoms with Crippen LogP contribution < -0.4 is 5.32 Å². The first kappa shape index (κ1) is 13.3. The number of piperazine rings is 1. The summed E-state index contributed by atoms with van der Waals surface area (Å²) in [5, 5.41) is 4.05. The first-order chi connectivity index (χ1) is 9.66. The van der Waals surface area contributed by atoms with Gasteiger partial charge < -0.3 is 14.6 Å². The Balaban J connectivity index is 1.88. The minimum absolute atomic E-state index is 0.0190. The van der Waals surface area contributed by atoms with Crippen molar-refractivity contribution in [2.45, 2.75) is 19.9 Å². The number of aromatic nitrogens is 1. The fraction of sp³-hybridized carbons (Fsp3) is 0.429. The average molecular weight is 291 g/mol. The Morgan fingerprint density at radius 2 is 2.45 bits per heavy atom. The molecule has 1 aliphatic heterocycles. The molecule has 1 fully saturated rings. The zero-order valence-corrected chi connectivity index (χ0v) is 12.4. The number of hydrogen-bond donors (Lipinski definition) is 1. The third kappa shape index (κ3) is 2.36. The number of rotatable bonds is 2. The Hall–Kier alpha value is -1.66. The van der Waals surface area contributed by atoms with Gasteiger partial charge in [-0.3, -0.25) is 4.79 Å². The summed E-state index contributed by atoms with van der Waals surface area (Å²) in [5.41, 5.74) is 0.551. The van der Waals surface area contributed by atoms with Gasteiger partial charge in [0.2, 0.25) is 0 Å². The van der Waals surface area contributed by atoms with Crippen LogP contribution in [0.1, 0.15) is 22.3 Å². The Morgan fingerprint density at radius 3 is 3.15 bits per heavy atom. The normalized spacial score (nSPS) is 19.3.